The Kier molecular flexibility index (Phi) is 2.20. The Labute approximate surface area is 101 Å². The largest absolute Gasteiger partial charge is 0.497 e. The zero-order valence-corrected chi connectivity index (χ0v) is 10.2. The van der Waals surface area contributed by atoms with E-state index in [1.165, 1.54) is 0 Å². The lowest BCUT2D eigenvalue weighted by molar-refractivity contribution is -0.0445. The van der Waals surface area contributed by atoms with Gasteiger partial charge in [0.2, 0.25) is 0 Å². The third-order valence-electron chi connectivity index (χ3n) is 3.91. The highest BCUT2D eigenvalue weighted by atomic mass is 16.5. The molecule has 90 valence electrons. The van der Waals surface area contributed by atoms with Crippen molar-refractivity contribution in [3.63, 3.8) is 0 Å². The van der Waals surface area contributed by atoms with Gasteiger partial charge in [-0.15, -0.1) is 0 Å². The maximum Gasteiger partial charge on any atom is 0.119 e. The van der Waals surface area contributed by atoms with Crippen molar-refractivity contribution in [2.45, 2.75) is 24.9 Å². The highest BCUT2D eigenvalue weighted by Crippen LogP contribution is 2.42. The molecule has 1 aliphatic carbocycles. The van der Waals surface area contributed by atoms with Crippen molar-refractivity contribution in [2.75, 3.05) is 7.11 Å². The number of rotatable bonds is 2. The molecule has 0 radical (unpaired) electrons. The molecule has 1 N–H and O–H groups in total. The highest BCUT2D eigenvalue weighted by Gasteiger charge is 2.38. The number of hydrogen-bond acceptors (Lipinski definition) is 2. The lowest BCUT2D eigenvalue weighted by Gasteiger charge is -2.37. The van der Waals surface area contributed by atoms with Crippen LogP contribution in [-0.2, 0) is 12.6 Å². The fourth-order valence-corrected chi connectivity index (χ4v) is 2.67. The van der Waals surface area contributed by atoms with Crippen molar-refractivity contribution in [3.8, 4) is 5.75 Å². The second kappa shape index (κ2) is 3.50. The summed E-state index contributed by atoms with van der Waals surface area (Å²) in [6.07, 6.45) is 2.85. The maximum absolute atomic E-state index is 10.4. The number of methoxy groups -OCH3 is 1. The van der Waals surface area contributed by atoms with Gasteiger partial charge >= 0.3 is 0 Å². The van der Waals surface area contributed by atoms with Crippen LogP contribution in [0.2, 0.25) is 0 Å². The second-order valence-electron chi connectivity index (χ2n) is 4.90. The van der Waals surface area contributed by atoms with Crippen LogP contribution in [0.25, 0.3) is 10.9 Å². The predicted octanol–water partition coefficient (Wildman–Crippen LogP) is 2.56. The molecule has 0 spiro atoms. The number of aliphatic hydroxyl groups is 1. The normalized spacial score (nSPS) is 18.1. The number of hydrogen-bond donors (Lipinski definition) is 1. The Hall–Kier alpha value is -1.48. The van der Waals surface area contributed by atoms with Gasteiger partial charge in [0.15, 0.2) is 0 Å². The Morgan fingerprint density at radius 1 is 1.29 bits per heavy atom. The highest BCUT2D eigenvalue weighted by molar-refractivity contribution is 5.83. The number of aryl methyl sites for hydroxylation is 1. The zero-order chi connectivity index (χ0) is 12.0. The van der Waals surface area contributed by atoms with Gasteiger partial charge in [-0.05, 0) is 43.5 Å². The van der Waals surface area contributed by atoms with Crippen molar-refractivity contribution < 1.29 is 9.84 Å². The van der Waals surface area contributed by atoms with E-state index >= 15 is 0 Å². The molecule has 0 bridgehead atoms. The van der Waals surface area contributed by atoms with E-state index in [2.05, 4.69) is 10.6 Å². The first-order chi connectivity index (χ1) is 8.14. The third kappa shape index (κ3) is 1.46. The topological polar surface area (TPSA) is 34.4 Å². The molecule has 0 unspecified atom stereocenters. The van der Waals surface area contributed by atoms with Gasteiger partial charge in [0.25, 0.3) is 0 Å². The molecule has 1 heterocycles. The standard InChI is InChI=1S/C14H17NO2/c1-15-12-5-4-11(17-2)8-10(12)9-13(15)14(16)6-3-7-14/h4-5,8-9,16H,3,6-7H2,1-2H3. The average Bonchev–Trinajstić information content (AvgIpc) is 2.63. The van der Waals surface area contributed by atoms with Gasteiger partial charge in [-0.3, -0.25) is 0 Å². The molecular weight excluding hydrogens is 214 g/mol. The Balaban J connectivity index is 2.17. The Morgan fingerprint density at radius 2 is 2.06 bits per heavy atom. The number of nitrogens with zero attached hydrogens (tertiary/aromatic N) is 1. The quantitative estimate of drug-likeness (QED) is 0.862. The lowest BCUT2D eigenvalue weighted by Crippen LogP contribution is -2.35. The van der Waals surface area contributed by atoms with E-state index in [4.69, 9.17) is 4.74 Å². The molecule has 0 aliphatic heterocycles. The summed E-state index contributed by atoms with van der Waals surface area (Å²) in [4.78, 5) is 0. The molecule has 0 atom stereocenters. The fourth-order valence-electron chi connectivity index (χ4n) is 2.67. The molecule has 17 heavy (non-hydrogen) atoms. The van der Waals surface area contributed by atoms with Gasteiger partial charge in [-0.25, -0.2) is 0 Å². The van der Waals surface area contributed by atoms with Crippen LogP contribution in [0.15, 0.2) is 24.3 Å². The summed E-state index contributed by atoms with van der Waals surface area (Å²) in [5, 5.41) is 11.6. The molecule has 1 aromatic heterocycles. The summed E-state index contributed by atoms with van der Waals surface area (Å²) in [6.45, 7) is 0. The van der Waals surface area contributed by atoms with E-state index in [-0.39, 0.29) is 0 Å². The van der Waals surface area contributed by atoms with Gasteiger partial charge in [0.05, 0.1) is 12.8 Å². The molecule has 3 nitrogen and oxygen atoms in total. The summed E-state index contributed by atoms with van der Waals surface area (Å²) in [5.41, 5.74) is 1.55. The molecule has 1 saturated carbocycles. The molecule has 3 rings (SSSR count). The molecule has 0 amide bonds. The summed E-state index contributed by atoms with van der Waals surface area (Å²) in [6, 6.07) is 8.09. The van der Waals surface area contributed by atoms with E-state index in [1.807, 2.05) is 25.2 Å². The Bertz CT molecular complexity index is 567. The van der Waals surface area contributed by atoms with Gasteiger partial charge in [-0.2, -0.15) is 0 Å². The first-order valence-corrected chi connectivity index (χ1v) is 6.00. The van der Waals surface area contributed by atoms with E-state index in [9.17, 15) is 5.11 Å². The first-order valence-electron chi connectivity index (χ1n) is 6.00. The molecule has 1 aromatic carbocycles. The molecule has 1 aliphatic rings. The van der Waals surface area contributed by atoms with Crippen LogP contribution in [0.4, 0.5) is 0 Å². The van der Waals surface area contributed by atoms with Gasteiger partial charge in [-0.1, -0.05) is 0 Å². The minimum Gasteiger partial charge on any atom is -0.497 e. The smallest absolute Gasteiger partial charge is 0.119 e. The van der Waals surface area contributed by atoms with Crippen LogP contribution in [0, 0.1) is 0 Å². The fraction of sp³-hybridized carbons (Fsp3) is 0.429. The van der Waals surface area contributed by atoms with Gasteiger partial charge in [0, 0.05) is 18.0 Å². The van der Waals surface area contributed by atoms with Crippen LogP contribution in [-0.4, -0.2) is 16.8 Å². The third-order valence-corrected chi connectivity index (χ3v) is 3.91. The van der Waals surface area contributed by atoms with Crippen LogP contribution < -0.4 is 4.74 Å². The van der Waals surface area contributed by atoms with Crippen molar-refractivity contribution in [1.29, 1.82) is 0 Å². The summed E-state index contributed by atoms with van der Waals surface area (Å²) >= 11 is 0. The van der Waals surface area contributed by atoms with Gasteiger partial charge in [0.1, 0.15) is 11.4 Å². The van der Waals surface area contributed by atoms with E-state index in [0.29, 0.717) is 0 Å². The zero-order valence-electron chi connectivity index (χ0n) is 10.2. The summed E-state index contributed by atoms with van der Waals surface area (Å²) in [5.74, 6) is 0.857. The van der Waals surface area contributed by atoms with E-state index in [0.717, 1.165) is 41.6 Å². The second-order valence-corrected chi connectivity index (χ2v) is 4.90. The van der Waals surface area contributed by atoms with Crippen molar-refractivity contribution in [2.24, 2.45) is 7.05 Å². The first kappa shape index (κ1) is 10.7. The van der Waals surface area contributed by atoms with Crippen molar-refractivity contribution in [3.05, 3.63) is 30.0 Å². The molecular formula is C14H17NO2. The van der Waals surface area contributed by atoms with Gasteiger partial charge < -0.3 is 14.4 Å². The number of fused-ring (bicyclic) bond motifs is 1. The predicted molar refractivity (Wildman–Crippen MR) is 67.2 cm³/mol. The maximum atomic E-state index is 10.4. The average molecular weight is 231 g/mol. The number of benzene rings is 1. The monoisotopic (exact) mass is 231 g/mol. The Morgan fingerprint density at radius 3 is 2.65 bits per heavy atom. The van der Waals surface area contributed by atoms with Crippen molar-refractivity contribution in [1.82, 2.24) is 4.57 Å². The van der Waals surface area contributed by atoms with E-state index < -0.39 is 5.60 Å². The SMILES string of the molecule is COc1ccc2c(c1)cc(C1(O)CCC1)n2C. The summed E-state index contributed by atoms with van der Waals surface area (Å²) < 4.78 is 7.32. The van der Waals surface area contributed by atoms with Crippen LogP contribution in [0.1, 0.15) is 25.0 Å². The molecule has 3 heteroatoms. The minimum atomic E-state index is -0.610. The van der Waals surface area contributed by atoms with Crippen LogP contribution in [0.5, 0.6) is 5.75 Å². The number of aromatic nitrogens is 1. The lowest BCUT2D eigenvalue weighted by atomic mass is 9.78. The molecule has 0 saturated heterocycles. The molecule has 2 aromatic rings. The van der Waals surface area contributed by atoms with Crippen LogP contribution in [0.3, 0.4) is 0 Å². The minimum absolute atomic E-state index is 0.610. The number of ether oxygens (including phenoxy) is 1. The molecule has 1 fully saturated rings. The van der Waals surface area contributed by atoms with Crippen LogP contribution >= 0.6 is 0 Å². The van der Waals surface area contributed by atoms with Crippen molar-refractivity contribution >= 4 is 10.9 Å². The summed E-state index contributed by atoms with van der Waals surface area (Å²) in [7, 11) is 3.69. The van der Waals surface area contributed by atoms with E-state index in [1.54, 1.807) is 7.11 Å².